The molecule has 3 heterocycles. The van der Waals surface area contributed by atoms with Crippen molar-refractivity contribution in [2.75, 3.05) is 25.1 Å². The fraction of sp³-hybridized carbons (Fsp3) is 0.654. The van der Waals surface area contributed by atoms with Gasteiger partial charge in [-0.05, 0) is 77.6 Å². The lowest BCUT2D eigenvalue weighted by molar-refractivity contribution is -0.139. The van der Waals surface area contributed by atoms with Gasteiger partial charge in [-0.1, -0.05) is 0 Å². The van der Waals surface area contributed by atoms with Crippen LogP contribution in [0.3, 0.4) is 0 Å². The molecular weight excluding hydrogens is 466 g/mol. The molecule has 8 nitrogen and oxygen atoms in total. The second kappa shape index (κ2) is 10.0. The lowest BCUT2D eigenvalue weighted by atomic mass is 9.70. The first-order valence-corrected chi connectivity index (χ1v) is 13.4. The third-order valence-corrected chi connectivity index (χ3v) is 9.04. The number of thioether (sulfide) groups is 1. The summed E-state index contributed by atoms with van der Waals surface area (Å²) >= 11 is 1.66. The van der Waals surface area contributed by atoms with Gasteiger partial charge < -0.3 is 25.4 Å². The standard InChI is InChI=1S/C26H37N3O5S/c1-5-34-17-10-8-16(9-11-17)27-22(31)19-18-12-13-26(35-18)20(19)24(33)29(14-6-7-15-30)21(26)23(32)28-25(2,3)4/h8-11,18-21,30H,5-7,12-15H2,1-4H3,(H,27,31)(H,28,32)/t18-,19+,20-,21?,26?/m0/s1. The number of anilines is 1. The Kier molecular flexibility index (Phi) is 7.38. The molecule has 1 aromatic carbocycles. The Morgan fingerprint density at radius 2 is 1.91 bits per heavy atom. The summed E-state index contributed by atoms with van der Waals surface area (Å²) in [7, 11) is 0. The highest BCUT2D eigenvalue weighted by Gasteiger charge is 2.73. The number of rotatable bonds is 9. The van der Waals surface area contributed by atoms with Gasteiger partial charge in [0.1, 0.15) is 11.8 Å². The van der Waals surface area contributed by atoms with Crippen molar-refractivity contribution in [3.63, 3.8) is 0 Å². The lowest BCUT2D eigenvalue weighted by Crippen LogP contribution is -2.57. The molecule has 0 aromatic heterocycles. The number of aliphatic hydroxyl groups excluding tert-OH is 1. The van der Waals surface area contributed by atoms with Gasteiger partial charge in [0.15, 0.2) is 0 Å². The summed E-state index contributed by atoms with van der Waals surface area (Å²) in [5, 5.41) is 15.4. The second-order valence-corrected chi connectivity index (χ2v) is 12.3. The molecule has 1 spiro atoms. The number of unbranched alkanes of at least 4 members (excludes halogenated alkanes) is 1. The topological polar surface area (TPSA) is 108 Å². The van der Waals surface area contributed by atoms with Crippen molar-refractivity contribution in [2.24, 2.45) is 11.8 Å². The monoisotopic (exact) mass is 503 g/mol. The first-order chi connectivity index (χ1) is 16.6. The summed E-state index contributed by atoms with van der Waals surface area (Å²) in [4.78, 5) is 42.6. The van der Waals surface area contributed by atoms with Crippen LogP contribution in [-0.4, -0.2) is 69.1 Å². The fourth-order valence-electron chi connectivity index (χ4n) is 5.85. The number of nitrogens with zero attached hydrogens (tertiary/aromatic N) is 1. The molecule has 0 radical (unpaired) electrons. The number of carbonyl (C=O) groups excluding carboxylic acids is 3. The quantitative estimate of drug-likeness (QED) is 0.447. The summed E-state index contributed by atoms with van der Waals surface area (Å²) in [6, 6.07) is 6.61. The zero-order valence-electron chi connectivity index (χ0n) is 21.0. The maximum atomic E-state index is 13.8. The molecule has 3 N–H and O–H groups in total. The number of nitrogens with one attached hydrogen (secondary N) is 2. The molecular formula is C26H37N3O5S. The third-order valence-electron chi connectivity index (χ3n) is 7.09. The Balaban J connectivity index is 1.59. The maximum Gasteiger partial charge on any atom is 0.244 e. The van der Waals surface area contributed by atoms with Crippen molar-refractivity contribution in [3.8, 4) is 5.75 Å². The van der Waals surface area contributed by atoms with Crippen molar-refractivity contribution < 1.29 is 24.2 Å². The van der Waals surface area contributed by atoms with Crippen molar-refractivity contribution in [2.45, 2.75) is 75.0 Å². The highest BCUT2D eigenvalue weighted by atomic mass is 32.2. The summed E-state index contributed by atoms with van der Waals surface area (Å²) in [6.07, 6.45) is 2.72. The van der Waals surface area contributed by atoms with E-state index in [1.807, 2.05) is 39.8 Å². The Morgan fingerprint density at radius 3 is 2.54 bits per heavy atom. The zero-order valence-corrected chi connectivity index (χ0v) is 21.8. The molecule has 1 aromatic rings. The van der Waals surface area contributed by atoms with Crippen LogP contribution >= 0.6 is 11.8 Å². The minimum atomic E-state index is -0.615. The predicted octanol–water partition coefficient (Wildman–Crippen LogP) is 2.80. The molecule has 0 saturated carbocycles. The Hall–Kier alpha value is -2.26. The Morgan fingerprint density at radius 1 is 1.20 bits per heavy atom. The van der Waals surface area contributed by atoms with Crippen LogP contribution in [0.15, 0.2) is 24.3 Å². The molecule has 3 aliphatic rings. The largest absolute Gasteiger partial charge is 0.494 e. The maximum absolute atomic E-state index is 13.8. The van der Waals surface area contributed by atoms with Gasteiger partial charge in [-0.2, -0.15) is 0 Å². The molecule has 3 saturated heterocycles. The average molecular weight is 504 g/mol. The van der Waals surface area contributed by atoms with Gasteiger partial charge in [0, 0.05) is 29.6 Å². The zero-order chi connectivity index (χ0) is 25.4. The van der Waals surface area contributed by atoms with E-state index in [4.69, 9.17) is 4.74 Å². The van der Waals surface area contributed by atoms with Crippen LogP contribution in [0.2, 0.25) is 0 Å². The summed E-state index contributed by atoms with van der Waals surface area (Å²) < 4.78 is 4.88. The molecule has 2 unspecified atom stereocenters. The SMILES string of the molecule is CCOc1ccc(NC(=O)[C@@H]2[C@@H]3CCC4(S3)C(C(=O)NC(C)(C)C)N(CCCCO)C(=O)[C@H]24)cc1. The number of carbonyl (C=O) groups is 3. The first kappa shape index (κ1) is 25.8. The van der Waals surface area contributed by atoms with E-state index in [2.05, 4.69) is 10.6 Å². The van der Waals surface area contributed by atoms with E-state index < -0.39 is 28.2 Å². The van der Waals surface area contributed by atoms with Crippen LogP contribution in [0.25, 0.3) is 0 Å². The third kappa shape index (κ3) is 4.89. The number of amides is 3. The van der Waals surface area contributed by atoms with Crippen molar-refractivity contribution in [1.29, 1.82) is 0 Å². The van der Waals surface area contributed by atoms with Crippen LogP contribution in [0.5, 0.6) is 5.75 Å². The fourth-order valence-corrected chi connectivity index (χ4v) is 8.07. The molecule has 192 valence electrons. The van der Waals surface area contributed by atoms with Gasteiger partial charge in [-0.15, -0.1) is 11.8 Å². The highest BCUT2D eigenvalue weighted by Crippen LogP contribution is 2.66. The van der Waals surface area contributed by atoms with Crippen molar-refractivity contribution in [3.05, 3.63) is 24.3 Å². The minimum absolute atomic E-state index is 0.0103. The van der Waals surface area contributed by atoms with Crippen molar-refractivity contribution >= 4 is 35.2 Å². The van der Waals surface area contributed by atoms with Gasteiger partial charge in [0.2, 0.25) is 17.7 Å². The van der Waals surface area contributed by atoms with Crippen LogP contribution in [0.1, 0.15) is 53.4 Å². The van der Waals surface area contributed by atoms with E-state index in [1.165, 1.54) is 0 Å². The lowest BCUT2D eigenvalue weighted by Gasteiger charge is -2.36. The molecule has 9 heteroatoms. The highest BCUT2D eigenvalue weighted by molar-refractivity contribution is 8.02. The smallest absolute Gasteiger partial charge is 0.244 e. The van der Waals surface area contributed by atoms with E-state index in [0.29, 0.717) is 31.7 Å². The molecule has 4 rings (SSSR count). The average Bonchev–Trinajstić information content (AvgIpc) is 3.42. The molecule has 3 fully saturated rings. The number of likely N-dealkylation sites (tertiary alicyclic amines) is 1. The molecule has 3 aliphatic heterocycles. The molecule has 0 aliphatic carbocycles. The van der Waals surface area contributed by atoms with Gasteiger partial charge >= 0.3 is 0 Å². The van der Waals surface area contributed by atoms with E-state index in [-0.39, 0.29) is 29.6 Å². The number of hydrogen-bond donors (Lipinski definition) is 3. The van der Waals surface area contributed by atoms with Crippen molar-refractivity contribution in [1.82, 2.24) is 10.2 Å². The summed E-state index contributed by atoms with van der Waals surface area (Å²) in [6.45, 7) is 8.71. The predicted molar refractivity (Wildman–Crippen MR) is 136 cm³/mol. The normalized spacial score (nSPS) is 29.3. The van der Waals surface area contributed by atoms with Crippen LogP contribution in [0.4, 0.5) is 5.69 Å². The number of aliphatic hydroxyl groups is 1. The number of fused-ring (bicyclic) bond motifs is 1. The van der Waals surface area contributed by atoms with Gasteiger partial charge in [-0.3, -0.25) is 14.4 Å². The molecule has 2 bridgehead atoms. The Labute approximate surface area is 211 Å². The summed E-state index contributed by atoms with van der Waals surface area (Å²) in [5.74, 6) is -0.716. The summed E-state index contributed by atoms with van der Waals surface area (Å²) in [5.41, 5.74) is 0.227. The minimum Gasteiger partial charge on any atom is -0.494 e. The van der Waals surface area contributed by atoms with E-state index in [9.17, 15) is 19.5 Å². The van der Waals surface area contributed by atoms with Gasteiger partial charge in [-0.25, -0.2) is 0 Å². The van der Waals surface area contributed by atoms with Crippen LogP contribution in [-0.2, 0) is 14.4 Å². The van der Waals surface area contributed by atoms with Gasteiger partial charge in [0.05, 0.1) is 23.2 Å². The van der Waals surface area contributed by atoms with E-state index in [0.717, 1.165) is 18.6 Å². The van der Waals surface area contributed by atoms with E-state index in [1.54, 1.807) is 28.8 Å². The van der Waals surface area contributed by atoms with Crippen LogP contribution < -0.4 is 15.4 Å². The van der Waals surface area contributed by atoms with E-state index >= 15 is 0 Å². The Bertz CT molecular complexity index is 963. The number of benzene rings is 1. The van der Waals surface area contributed by atoms with Crippen LogP contribution in [0, 0.1) is 11.8 Å². The molecule has 3 amide bonds. The first-order valence-electron chi connectivity index (χ1n) is 12.6. The number of ether oxygens (including phenoxy) is 1. The molecule has 35 heavy (non-hydrogen) atoms. The number of hydrogen-bond acceptors (Lipinski definition) is 6. The molecule has 5 atom stereocenters. The second-order valence-electron chi connectivity index (χ2n) is 10.7. The van der Waals surface area contributed by atoms with Gasteiger partial charge in [0.25, 0.3) is 0 Å².